The summed E-state index contributed by atoms with van der Waals surface area (Å²) in [5.74, 6) is -0.444. The number of benzene rings is 1. The van der Waals surface area contributed by atoms with Gasteiger partial charge in [0.2, 0.25) is 0 Å². The van der Waals surface area contributed by atoms with Crippen LogP contribution in [0.5, 0.6) is 0 Å². The van der Waals surface area contributed by atoms with E-state index in [0.29, 0.717) is 29.0 Å². The molecule has 1 aliphatic carbocycles. The summed E-state index contributed by atoms with van der Waals surface area (Å²) in [6, 6.07) is 10.8. The van der Waals surface area contributed by atoms with Crippen LogP contribution in [0, 0.1) is 0 Å². The first-order valence-electron chi connectivity index (χ1n) is 10.3. The molecule has 2 unspecified atom stereocenters. The lowest BCUT2D eigenvalue weighted by Gasteiger charge is -2.15. The molecule has 2 atom stereocenters. The van der Waals surface area contributed by atoms with Crippen LogP contribution in [0.4, 0.5) is 8.78 Å². The first-order valence-corrected chi connectivity index (χ1v) is 10.7. The number of alkyl halides is 1. The van der Waals surface area contributed by atoms with Crippen LogP contribution in [0.2, 0.25) is 5.02 Å². The number of pyridine rings is 1. The average molecular weight is 448 g/mol. The number of hydrogen-bond donors (Lipinski definition) is 1. The van der Waals surface area contributed by atoms with Crippen molar-refractivity contribution in [3.63, 3.8) is 0 Å². The van der Waals surface area contributed by atoms with E-state index in [-0.39, 0.29) is 13.0 Å². The largest absolute Gasteiger partial charge is 0.497 e. The van der Waals surface area contributed by atoms with Crippen molar-refractivity contribution in [2.45, 2.75) is 45.4 Å². The van der Waals surface area contributed by atoms with Crippen molar-refractivity contribution in [3.8, 4) is 0 Å². The predicted molar refractivity (Wildman–Crippen MR) is 122 cm³/mol. The molecule has 1 aromatic carbocycles. The number of nitrogens with zero attached hydrogens (tertiary/aromatic N) is 1. The quantitative estimate of drug-likeness (QED) is 0.362. The van der Waals surface area contributed by atoms with E-state index in [1.165, 1.54) is 12.2 Å². The van der Waals surface area contributed by atoms with Crippen LogP contribution in [-0.4, -0.2) is 22.9 Å². The number of aromatic nitrogens is 1. The third-order valence-electron chi connectivity index (χ3n) is 4.58. The van der Waals surface area contributed by atoms with Crippen LogP contribution >= 0.6 is 11.6 Å². The van der Waals surface area contributed by atoms with E-state index in [2.05, 4.69) is 4.98 Å². The fourth-order valence-corrected chi connectivity index (χ4v) is 3.17. The highest BCUT2D eigenvalue weighted by Gasteiger charge is 2.15. The van der Waals surface area contributed by atoms with Gasteiger partial charge in [0.05, 0.1) is 18.2 Å². The Morgan fingerprint density at radius 1 is 1.29 bits per heavy atom. The van der Waals surface area contributed by atoms with E-state index < -0.39 is 18.1 Å². The molecule has 0 spiro atoms. The number of aliphatic hydroxyl groups excluding tert-OH is 1. The summed E-state index contributed by atoms with van der Waals surface area (Å²) >= 11 is 5.98. The smallest absolute Gasteiger partial charge is 0.125 e. The number of hydrogen-bond acceptors (Lipinski definition) is 3. The number of halogens is 3. The third-order valence-corrected chi connectivity index (χ3v) is 4.84. The van der Waals surface area contributed by atoms with E-state index in [4.69, 9.17) is 16.3 Å². The van der Waals surface area contributed by atoms with Crippen molar-refractivity contribution in [2.75, 3.05) is 6.61 Å². The molecule has 31 heavy (non-hydrogen) atoms. The maximum atomic E-state index is 13.7. The fourth-order valence-electron chi connectivity index (χ4n) is 3.05. The van der Waals surface area contributed by atoms with Crippen LogP contribution in [0.1, 0.15) is 50.3 Å². The number of aliphatic hydroxyl groups is 1. The van der Waals surface area contributed by atoms with Gasteiger partial charge in [-0.3, -0.25) is 4.98 Å². The zero-order valence-corrected chi connectivity index (χ0v) is 18.5. The topological polar surface area (TPSA) is 42.4 Å². The zero-order valence-electron chi connectivity index (χ0n) is 17.8. The Hall–Kier alpha value is -2.50. The molecule has 3 rings (SSSR count). The van der Waals surface area contributed by atoms with Crippen LogP contribution in [0.3, 0.4) is 0 Å². The Bertz CT molecular complexity index is 895. The van der Waals surface area contributed by atoms with Crippen molar-refractivity contribution in [2.24, 2.45) is 0 Å². The summed E-state index contributed by atoms with van der Waals surface area (Å²) in [6.45, 7) is 4.14. The van der Waals surface area contributed by atoms with Gasteiger partial charge in [-0.15, -0.1) is 0 Å². The summed E-state index contributed by atoms with van der Waals surface area (Å²) in [7, 11) is 0. The molecule has 0 amide bonds. The maximum Gasteiger partial charge on any atom is 0.125 e. The highest BCUT2D eigenvalue weighted by atomic mass is 35.5. The van der Waals surface area contributed by atoms with Crippen LogP contribution in [0.15, 0.2) is 78.6 Å². The maximum absolute atomic E-state index is 13.7. The van der Waals surface area contributed by atoms with Gasteiger partial charge in [-0.2, -0.15) is 0 Å². The van der Waals surface area contributed by atoms with E-state index in [1.807, 2.05) is 26.0 Å². The highest BCUT2D eigenvalue weighted by molar-refractivity contribution is 6.30. The lowest BCUT2D eigenvalue weighted by atomic mass is 9.98. The summed E-state index contributed by atoms with van der Waals surface area (Å²) in [5, 5.41) is 11.2. The summed E-state index contributed by atoms with van der Waals surface area (Å²) < 4.78 is 32.8. The molecule has 0 saturated heterocycles. The van der Waals surface area contributed by atoms with Crippen molar-refractivity contribution >= 4 is 17.2 Å². The highest BCUT2D eigenvalue weighted by Crippen LogP contribution is 2.28. The first-order chi connectivity index (χ1) is 15.0. The van der Waals surface area contributed by atoms with Crippen molar-refractivity contribution in [3.05, 3.63) is 94.8 Å². The molecule has 3 nitrogen and oxygen atoms in total. The van der Waals surface area contributed by atoms with Gasteiger partial charge in [-0.05, 0) is 59.0 Å². The van der Waals surface area contributed by atoms with Gasteiger partial charge in [0.1, 0.15) is 12.8 Å². The third kappa shape index (κ3) is 8.27. The second-order valence-electron chi connectivity index (χ2n) is 6.87. The molecule has 166 valence electrons. The molecule has 0 fully saturated rings. The number of ether oxygens (including phenoxy) is 1. The summed E-state index contributed by atoms with van der Waals surface area (Å²) in [6.07, 6.45) is 5.87. The normalized spacial score (nSPS) is 17.5. The number of allylic oxidation sites excluding steroid dienone is 3. The fraction of sp³-hybridized carbons (Fsp3) is 0.320. The van der Waals surface area contributed by atoms with E-state index >= 15 is 0 Å². The molecule has 2 aromatic rings. The molecular formula is C25H28ClF2NO2. The lowest BCUT2D eigenvalue weighted by Crippen LogP contribution is -2.02. The Morgan fingerprint density at radius 2 is 2.03 bits per heavy atom. The van der Waals surface area contributed by atoms with Gasteiger partial charge >= 0.3 is 0 Å². The second-order valence-corrected chi connectivity index (χ2v) is 7.30. The molecule has 0 bridgehead atoms. The van der Waals surface area contributed by atoms with E-state index in [9.17, 15) is 13.9 Å². The molecule has 1 aliphatic rings. The van der Waals surface area contributed by atoms with E-state index in [1.54, 1.807) is 42.9 Å². The Labute approximate surface area is 187 Å². The molecule has 0 radical (unpaired) electrons. The SMILES string of the molecule is CC.OC(C/C(=C\OCC1=CC(F)CC(F)=CC1)c1ccc(Cl)cc1)c1cccnc1. The minimum Gasteiger partial charge on any atom is -0.497 e. The van der Waals surface area contributed by atoms with E-state index in [0.717, 1.165) is 11.1 Å². The molecule has 1 aromatic heterocycles. The van der Waals surface area contributed by atoms with Gasteiger partial charge in [-0.1, -0.05) is 43.6 Å². The van der Waals surface area contributed by atoms with Gasteiger partial charge < -0.3 is 9.84 Å². The molecule has 6 heteroatoms. The number of rotatable bonds is 7. The van der Waals surface area contributed by atoms with Crippen LogP contribution in [-0.2, 0) is 4.74 Å². The van der Waals surface area contributed by atoms with Crippen molar-refractivity contribution in [1.29, 1.82) is 0 Å². The van der Waals surface area contributed by atoms with Gasteiger partial charge in [0.25, 0.3) is 0 Å². The average Bonchev–Trinajstić information content (AvgIpc) is 2.95. The molecule has 0 saturated carbocycles. The predicted octanol–water partition coefficient (Wildman–Crippen LogP) is 7.15. The minimum atomic E-state index is -1.35. The monoisotopic (exact) mass is 447 g/mol. The summed E-state index contributed by atoms with van der Waals surface area (Å²) in [5.41, 5.74) is 2.97. The Balaban J connectivity index is 0.00000166. The zero-order chi connectivity index (χ0) is 22.6. The molecule has 1 heterocycles. The standard InChI is InChI=1S/C23H22ClF2NO2.C2H6/c24-20-6-4-17(5-7-20)19(11-23(28)18-2-1-9-27-13-18)15-29-14-16-3-8-21(25)12-22(26)10-16;1-2/h1-2,4-10,13,15,22-23,28H,3,11-12,14H2;1-2H3/b19-15+;. The lowest BCUT2D eigenvalue weighted by molar-refractivity contribution is 0.182. The summed E-state index contributed by atoms with van der Waals surface area (Å²) in [4.78, 5) is 4.04. The Kier molecular flexibility index (Phi) is 10.4. The molecular weight excluding hydrogens is 420 g/mol. The van der Waals surface area contributed by atoms with Crippen LogP contribution < -0.4 is 0 Å². The van der Waals surface area contributed by atoms with Gasteiger partial charge in [0, 0.05) is 30.3 Å². The van der Waals surface area contributed by atoms with Crippen molar-refractivity contribution < 1.29 is 18.6 Å². The molecule has 1 N–H and O–H groups in total. The second kappa shape index (κ2) is 13.0. The first kappa shape index (κ1) is 24.8. The van der Waals surface area contributed by atoms with Gasteiger partial charge in [-0.25, -0.2) is 8.78 Å². The Morgan fingerprint density at radius 3 is 2.71 bits per heavy atom. The minimum absolute atomic E-state index is 0.143. The van der Waals surface area contributed by atoms with Crippen molar-refractivity contribution in [1.82, 2.24) is 4.98 Å². The van der Waals surface area contributed by atoms with Crippen LogP contribution in [0.25, 0.3) is 5.57 Å². The van der Waals surface area contributed by atoms with Gasteiger partial charge in [0.15, 0.2) is 0 Å². The molecule has 0 aliphatic heterocycles.